The molecule has 0 spiro atoms. The molecular formula is C3H8N3S3+. The summed E-state index contributed by atoms with van der Waals surface area (Å²) < 4.78 is 0.810. The fraction of sp³-hybridized carbons (Fsp3) is 0.333. The summed E-state index contributed by atoms with van der Waals surface area (Å²) in [5.74, 6) is 7.87. The van der Waals surface area contributed by atoms with Crippen molar-refractivity contribution in [1.29, 1.82) is 0 Å². The van der Waals surface area contributed by atoms with Gasteiger partial charge in [-0.2, -0.15) is 5.84 Å². The molecule has 0 unspecified atom stereocenters. The van der Waals surface area contributed by atoms with E-state index < -0.39 is 0 Å². The second-order valence-corrected chi connectivity index (χ2v) is 3.27. The van der Waals surface area contributed by atoms with E-state index in [0.29, 0.717) is 0 Å². The van der Waals surface area contributed by atoms with Gasteiger partial charge in [-0.15, -0.1) is 0 Å². The molecule has 6 heteroatoms. The Morgan fingerprint density at radius 3 is 2.22 bits per heavy atom. The van der Waals surface area contributed by atoms with E-state index in [2.05, 4.69) is 17.0 Å². The number of thioether (sulfide) groups is 1. The molecule has 0 saturated carbocycles. The van der Waals surface area contributed by atoms with Gasteiger partial charge in [0.15, 0.2) is 0 Å². The number of rotatable bonds is 0. The van der Waals surface area contributed by atoms with Gasteiger partial charge in [0.2, 0.25) is 0 Å². The van der Waals surface area contributed by atoms with Crippen LogP contribution in [0.3, 0.4) is 0 Å². The lowest BCUT2D eigenvalue weighted by molar-refractivity contribution is -0.379. The molecular weight excluding hydrogens is 174 g/mol. The molecule has 0 aromatic rings. The van der Waals surface area contributed by atoms with Crippen molar-refractivity contribution < 1.29 is 5.84 Å². The monoisotopic (exact) mass is 182 g/mol. The first-order chi connectivity index (χ1) is 4.29. The highest BCUT2D eigenvalue weighted by Crippen LogP contribution is 2.08. The topological polar surface area (TPSA) is 65.7 Å². The van der Waals surface area contributed by atoms with Gasteiger partial charge in [-0.3, -0.25) is 5.84 Å². The van der Waals surface area contributed by atoms with Gasteiger partial charge in [-0.25, -0.2) is 0 Å². The van der Waals surface area contributed by atoms with Crippen LogP contribution in [0.5, 0.6) is 0 Å². The van der Waals surface area contributed by atoms with E-state index in [-0.39, 0.29) is 0 Å². The van der Waals surface area contributed by atoms with E-state index in [9.17, 15) is 0 Å². The molecule has 0 aromatic heterocycles. The highest BCUT2D eigenvalue weighted by atomic mass is 32.2. The van der Waals surface area contributed by atoms with Crippen LogP contribution in [-0.2, 0) is 0 Å². The minimum Gasteiger partial charge on any atom is -0.335 e. The van der Waals surface area contributed by atoms with Gasteiger partial charge < -0.3 is 5.32 Å². The number of hydrogen-bond acceptors (Lipinski definition) is 4. The molecule has 1 rings (SSSR count). The fourth-order valence-corrected chi connectivity index (χ4v) is 1.55. The Kier molecular flexibility index (Phi) is 5.21. The normalized spacial score (nSPS) is 16.2. The van der Waals surface area contributed by atoms with Crippen molar-refractivity contribution in [3.63, 3.8) is 0 Å². The highest BCUT2D eigenvalue weighted by Gasteiger charge is 2.09. The van der Waals surface area contributed by atoms with Crippen LogP contribution in [0, 0.1) is 0 Å². The maximum absolute atomic E-state index is 4.78. The largest absolute Gasteiger partial charge is 0.335 e. The lowest BCUT2D eigenvalue weighted by Gasteiger charge is -1.84. The molecule has 3 nitrogen and oxygen atoms in total. The Morgan fingerprint density at radius 1 is 1.56 bits per heavy atom. The third-order valence-electron chi connectivity index (χ3n) is 0.576. The molecule has 1 aliphatic heterocycles. The molecule has 52 valence electrons. The van der Waals surface area contributed by atoms with Crippen molar-refractivity contribution in [3.8, 4) is 0 Å². The molecule has 1 saturated heterocycles. The van der Waals surface area contributed by atoms with Crippen molar-refractivity contribution in [2.45, 2.75) is 0 Å². The summed E-state index contributed by atoms with van der Waals surface area (Å²) in [6.07, 6.45) is 0. The molecule has 1 heterocycles. The van der Waals surface area contributed by atoms with Gasteiger partial charge in [0.05, 0.1) is 10.7 Å². The Labute approximate surface area is 68.5 Å². The molecule has 1 fully saturated rings. The lowest BCUT2D eigenvalue weighted by atomic mass is 10.8. The van der Waals surface area contributed by atoms with E-state index in [1.54, 1.807) is 11.8 Å². The van der Waals surface area contributed by atoms with E-state index in [0.717, 1.165) is 15.1 Å². The number of hydrogen-bond donors (Lipinski definition) is 3. The third-order valence-corrected chi connectivity index (χ3v) is 2.26. The second kappa shape index (κ2) is 5.07. The van der Waals surface area contributed by atoms with Crippen molar-refractivity contribution in [2.75, 3.05) is 5.75 Å². The molecule has 0 atom stereocenters. The second-order valence-electron chi connectivity index (χ2n) is 1.12. The molecule has 0 amide bonds. The van der Waals surface area contributed by atoms with Crippen LogP contribution in [0.4, 0.5) is 0 Å². The fourth-order valence-electron chi connectivity index (χ4n) is 0.317. The first-order valence-corrected chi connectivity index (χ1v) is 3.96. The maximum Gasteiger partial charge on any atom is 0.138 e. The van der Waals surface area contributed by atoms with Crippen molar-refractivity contribution in [3.05, 3.63) is 0 Å². The van der Waals surface area contributed by atoms with Gasteiger partial charge in [0, 0.05) is 0 Å². The smallest absolute Gasteiger partial charge is 0.138 e. The Morgan fingerprint density at radius 2 is 2.11 bits per heavy atom. The van der Waals surface area contributed by atoms with Crippen LogP contribution >= 0.6 is 36.2 Å². The standard InChI is InChI=1S/C3H3NS3.H4N2/c5-2-1-7-3(6)4-2;1-2/h1H2,(H,4,5,6);1-2H2/p+1. The Hall–Kier alpha value is 0.250. The van der Waals surface area contributed by atoms with Crippen LogP contribution in [0.25, 0.3) is 0 Å². The van der Waals surface area contributed by atoms with E-state index in [1.165, 1.54) is 0 Å². The SMILES string of the molecule is N[NH3+].S=C1CSC(=S)N1. The van der Waals surface area contributed by atoms with Crippen molar-refractivity contribution in [1.82, 2.24) is 5.32 Å². The first-order valence-electron chi connectivity index (χ1n) is 2.16. The van der Waals surface area contributed by atoms with Gasteiger partial charge in [0.25, 0.3) is 0 Å². The highest BCUT2D eigenvalue weighted by molar-refractivity contribution is 8.24. The summed E-state index contributed by atoms with van der Waals surface area (Å²) in [5, 5.41) is 2.84. The van der Waals surface area contributed by atoms with E-state index in [4.69, 9.17) is 24.4 Å². The molecule has 0 aliphatic carbocycles. The van der Waals surface area contributed by atoms with Crippen LogP contribution in [0.15, 0.2) is 0 Å². The van der Waals surface area contributed by atoms with E-state index >= 15 is 0 Å². The van der Waals surface area contributed by atoms with Crippen LogP contribution in [0.2, 0.25) is 0 Å². The van der Waals surface area contributed by atoms with Gasteiger partial charge in [-0.1, -0.05) is 36.2 Å². The quantitative estimate of drug-likeness (QED) is 0.256. The lowest BCUT2D eigenvalue weighted by Crippen LogP contribution is -2.59. The summed E-state index contributed by atoms with van der Waals surface area (Å²) in [6, 6.07) is 0. The summed E-state index contributed by atoms with van der Waals surface area (Å²) in [6.45, 7) is 0. The van der Waals surface area contributed by atoms with Crippen molar-refractivity contribution in [2.24, 2.45) is 5.84 Å². The minimum atomic E-state index is 0.810. The zero-order chi connectivity index (χ0) is 7.28. The molecule has 9 heavy (non-hydrogen) atoms. The van der Waals surface area contributed by atoms with Crippen LogP contribution in [-0.4, -0.2) is 15.1 Å². The summed E-state index contributed by atoms with van der Waals surface area (Å²) in [7, 11) is 0. The number of quaternary nitrogens is 1. The van der Waals surface area contributed by atoms with Crippen LogP contribution < -0.4 is 17.0 Å². The summed E-state index contributed by atoms with van der Waals surface area (Å²) in [5.41, 5.74) is 0. The zero-order valence-corrected chi connectivity index (χ0v) is 7.17. The van der Waals surface area contributed by atoms with Gasteiger partial charge in [-0.05, 0) is 0 Å². The molecule has 1 aliphatic rings. The van der Waals surface area contributed by atoms with Crippen molar-refractivity contribution >= 4 is 45.5 Å². The average Bonchev–Trinajstić information content (AvgIpc) is 2.20. The first kappa shape index (κ1) is 9.25. The number of thiocarbonyl (C=S) groups is 2. The molecule has 0 aromatic carbocycles. The third kappa shape index (κ3) is 3.77. The van der Waals surface area contributed by atoms with Crippen LogP contribution in [0.1, 0.15) is 0 Å². The Balaban J connectivity index is 0.000000291. The molecule has 6 N–H and O–H groups in total. The Bertz CT molecular complexity index is 109. The maximum atomic E-state index is 4.78. The molecule has 0 bridgehead atoms. The van der Waals surface area contributed by atoms with Gasteiger partial charge in [0.1, 0.15) is 4.32 Å². The number of nitrogens with one attached hydrogen (secondary N) is 1. The van der Waals surface area contributed by atoms with Gasteiger partial charge >= 0.3 is 0 Å². The predicted molar refractivity (Wildman–Crippen MR) is 47.9 cm³/mol. The molecule has 0 radical (unpaired) electrons. The zero-order valence-electron chi connectivity index (χ0n) is 4.72. The summed E-state index contributed by atoms with van der Waals surface area (Å²) >= 11 is 11.1. The van der Waals surface area contributed by atoms with E-state index in [1.807, 2.05) is 0 Å². The number of nitrogens with two attached hydrogens (primary N) is 1. The average molecular weight is 182 g/mol. The summed E-state index contributed by atoms with van der Waals surface area (Å²) in [4.78, 5) is 0.856. The predicted octanol–water partition coefficient (Wildman–Crippen LogP) is -0.963. The minimum absolute atomic E-state index is 0.810.